The summed E-state index contributed by atoms with van der Waals surface area (Å²) in [7, 11) is 0. The first-order chi connectivity index (χ1) is 12.9. The van der Waals surface area contributed by atoms with Crippen LogP contribution in [0.15, 0.2) is 34.3 Å². The molecule has 146 valence electrons. The highest BCUT2D eigenvalue weighted by Crippen LogP contribution is 2.36. The molecule has 0 bridgehead atoms. The molecule has 2 aromatic heterocycles. The fraction of sp³-hybridized carbons (Fsp3) is 0.500. The van der Waals surface area contributed by atoms with Gasteiger partial charge in [-0.1, -0.05) is 6.58 Å². The molecule has 5 nitrogen and oxygen atoms in total. The van der Waals surface area contributed by atoms with Gasteiger partial charge in [-0.2, -0.15) is 5.10 Å². The third-order valence-corrected chi connectivity index (χ3v) is 6.24. The highest BCUT2D eigenvalue weighted by molar-refractivity contribution is 9.10. The highest BCUT2D eigenvalue weighted by Gasteiger charge is 2.20. The number of halogens is 1. The van der Waals surface area contributed by atoms with Crippen molar-refractivity contribution in [1.82, 2.24) is 14.8 Å². The average Bonchev–Trinajstić information content (AvgIpc) is 3.08. The summed E-state index contributed by atoms with van der Waals surface area (Å²) in [4.78, 5) is 5.81. The summed E-state index contributed by atoms with van der Waals surface area (Å²) < 4.78 is 8.93. The van der Waals surface area contributed by atoms with E-state index in [1.165, 1.54) is 6.42 Å². The second-order valence-electron chi connectivity index (χ2n) is 7.66. The monoisotopic (exact) mass is 450 g/mol. The van der Waals surface area contributed by atoms with E-state index in [0.29, 0.717) is 0 Å². The van der Waals surface area contributed by atoms with Crippen LogP contribution in [0, 0.1) is 0 Å². The molecule has 0 amide bonds. The van der Waals surface area contributed by atoms with Crippen molar-refractivity contribution in [3.63, 3.8) is 0 Å². The lowest BCUT2D eigenvalue weighted by atomic mass is 10.1. The molecule has 0 spiro atoms. The van der Waals surface area contributed by atoms with Crippen molar-refractivity contribution in [2.24, 2.45) is 0 Å². The number of nitrogens with one attached hydrogen (secondary N) is 1. The van der Waals surface area contributed by atoms with Gasteiger partial charge < -0.3 is 10.1 Å². The largest absolute Gasteiger partial charge is 0.365 e. The van der Waals surface area contributed by atoms with Crippen molar-refractivity contribution in [1.29, 1.82) is 0 Å². The van der Waals surface area contributed by atoms with Crippen LogP contribution in [0.25, 0.3) is 6.08 Å². The fourth-order valence-electron chi connectivity index (χ4n) is 3.03. The number of thioether (sulfide) groups is 1. The number of hydrogen-bond donors (Lipinski definition) is 1. The molecule has 7 heteroatoms. The van der Waals surface area contributed by atoms with Gasteiger partial charge >= 0.3 is 0 Å². The Hall–Kier alpha value is -1.31. The van der Waals surface area contributed by atoms with Crippen molar-refractivity contribution in [2.75, 3.05) is 11.9 Å². The second-order valence-corrected chi connectivity index (χ2v) is 9.50. The van der Waals surface area contributed by atoms with Gasteiger partial charge in [0.1, 0.15) is 12.0 Å². The van der Waals surface area contributed by atoms with Crippen LogP contribution < -0.4 is 5.32 Å². The van der Waals surface area contributed by atoms with Crippen molar-refractivity contribution in [2.45, 2.75) is 62.4 Å². The lowest BCUT2D eigenvalue weighted by Gasteiger charge is -2.24. The van der Waals surface area contributed by atoms with Crippen LogP contribution in [0.5, 0.6) is 0 Å². The first-order valence-corrected chi connectivity index (χ1v) is 11.0. The zero-order valence-corrected chi connectivity index (χ0v) is 18.6. The molecule has 0 saturated carbocycles. The van der Waals surface area contributed by atoms with E-state index in [0.717, 1.165) is 51.8 Å². The summed E-state index contributed by atoms with van der Waals surface area (Å²) in [5.74, 6) is 1.64. The fourth-order valence-corrected chi connectivity index (χ4v) is 4.79. The van der Waals surface area contributed by atoms with Gasteiger partial charge in [-0.05, 0) is 74.2 Å². The zero-order valence-electron chi connectivity index (χ0n) is 16.2. The summed E-state index contributed by atoms with van der Waals surface area (Å²) >= 11 is 5.45. The molecule has 0 aromatic carbocycles. The molecule has 3 rings (SSSR count). The van der Waals surface area contributed by atoms with Gasteiger partial charge in [0, 0.05) is 33.5 Å². The highest BCUT2D eigenvalue weighted by atomic mass is 79.9. The second kappa shape index (κ2) is 8.80. The first-order valence-electron chi connectivity index (χ1n) is 9.25. The molecule has 1 aliphatic rings. The molecule has 1 aliphatic heterocycles. The average molecular weight is 451 g/mol. The SMILES string of the molecule is C=Cc1nc(NC(C)(C)C)cc(Br)c1SCc1ccnn1C1CCCCO1. The molecule has 1 atom stereocenters. The molecule has 0 radical (unpaired) electrons. The molecule has 1 unspecified atom stereocenters. The van der Waals surface area contributed by atoms with E-state index >= 15 is 0 Å². The molecule has 27 heavy (non-hydrogen) atoms. The summed E-state index contributed by atoms with van der Waals surface area (Å²) in [6.45, 7) is 11.1. The van der Waals surface area contributed by atoms with Crippen LogP contribution in [0.4, 0.5) is 5.82 Å². The molecule has 2 aromatic rings. The van der Waals surface area contributed by atoms with E-state index in [1.807, 2.05) is 23.0 Å². The maximum Gasteiger partial charge on any atom is 0.150 e. The Kier molecular flexibility index (Phi) is 6.65. The van der Waals surface area contributed by atoms with Crippen molar-refractivity contribution in [3.8, 4) is 0 Å². The number of anilines is 1. The van der Waals surface area contributed by atoms with Gasteiger partial charge in [0.2, 0.25) is 0 Å². The topological polar surface area (TPSA) is 52.0 Å². The van der Waals surface area contributed by atoms with Crippen LogP contribution >= 0.6 is 27.7 Å². The zero-order chi connectivity index (χ0) is 19.4. The molecular weight excluding hydrogens is 424 g/mol. The molecule has 1 fully saturated rings. The summed E-state index contributed by atoms with van der Waals surface area (Å²) in [5, 5.41) is 7.91. The van der Waals surface area contributed by atoms with Crippen LogP contribution in [0.1, 0.15) is 57.6 Å². The number of aromatic nitrogens is 3. The molecule has 1 saturated heterocycles. The van der Waals surface area contributed by atoms with Crippen LogP contribution in [0.2, 0.25) is 0 Å². The first kappa shape index (κ1) is 20.4. The van der Waals surface area contributed by atoms with Crippen LogP contribution in [-0.4, -0.2) is 26.9 Å². The Labute approximate surface area is 174 Å². The van der Waals surface area contributed by atoms with Crippen LogP contribution in [-0.2, 0) is 10.5 Å². The van der Waals surface area contributed by atoms with Gasteiger partial charge in [0.05, 0.1) is 11.4 Å². The van der Waals surface area contributed by atoms with E-state index in [2.05, 4.69) is 59.8 Å². The van der Waals surface area contributed by atoms with Gasteiger partial charge in [-0.3, -0.25) is 0 Å². The Morgan fingerprint density at radius 3 is 2.93 bits per heavy atom. The third-order valence-electron chi connectivity index (χ3n) is 4.20. The normalized spacial score (nSPS) is 17.7. The maximum atomic E-state index is 5.89. The lowest BCUT2D eigenvalue weighted by Crippen LogP contribution is -2.26. The number of hydrogen-bond acceptors (Lipinski definition) is 5. The van der Waals surface area contributed by atoms with Gasteiger partial charge in [0.15, 0.2) is 0 Å². The van der Waals surface area contributed by atoms with Crippen LogP contribution in [0.3, 0.4) is 0 Å². The third kappa shape index (κ3) is 5.36. The quantitative estimate of drug-likeness (QED) is 0.556. The Morgan fingerprint density at radius 2 is 2.26 bits per heavy atom. The van der Waals surface area contributed by atoms with Gasteiger partial charge in [0.25, 0.3) is 0 Å². The minimum absolute atomic E-state index is 0.0496. The van der Waals surface area contributed by atoms with E-state index in [9.17, 15) is 0 Å². The van der Waals surface area contributed by atoms with Crippen molar-refractivity contribution in [3.05, 3.63) is 40.8 Å². The van der Waals surface area contributed by atoms with Gasteiger partial charge in [-0.25, -0.2) is 9.67 Å². The Morgan fingerprint density at radius 1 is 1.44 bits per heavy atom. The van der Waals surface area contributed by atoms with E-state index in [-0.39, 0.29) is 11.8 Å². The maximum absolute atomic E-state index is 5.89. The smallest absolute Gasteiger partial charge is 0.150 e. The Balaban J connectivity index is 1.76. The lowest BCUT2D eigenvalue weighted by molar-refractivity contribution is -0.0407. The standard InChI is InChI=1S/C20H27BrN4OS/c1-5-16-19(15(21)12-17(23-16)24-20(2,3)4)27-13-14-9-10-22-25(14)18-8-6-7-11-26-18/h5,9-10,12,18H,1,6-8,11,13H2,2-4H3,(H,23,24). The van der Waals surface area contributed by atoms with E-state index in [4.69, 9.17) is 9.72 Å². The summed E-state index contributed by atoms with van der Waals surface area (Å²) in [5.41, 5.74) is 1.98. The molecule has 3 heterocycles. The predicted molar refractivity (Wildman–Crippen MR) is 116 cm³/mol. The number of rotatable bonds is 6. The predicted octanol–water partition coefficient (Wildman–Crippen LogP) is 5.89. The van der Waals surface area contributed by atoms with Crippen molar-refractivity contribution < 1.29 is 4.74 Å². The minimum Gasteiger partial charge on any atom is -0.365 e. The van der Waals surface area contributed by atoms with E-state index in [1.54, 1.807) is 11.8 Å². The Bertz CT molecular complexity index is 794. The minimum atomic E-state index is -0.0496. The van der Waals surface area contributed by atoms with Gasteiger partial charge in [-0.15, -0.1) is 11.8 Å². The number of pyridine rings is 1. The summed E-state index contributed by atoms with van der Waals surface area (Å²) in [6.07, 6.45) is 7.07. The van der Waals surface area contributed by atoms with Crippen molar-refractivity contribution >= 4 is 39.6 Å². The molecule has 0 aliphatic carbocycles. The number of nitrogens with zero attached hydrogens (tertiary/aromatic N) is 3. The molecular formula is C20H27BrN4OS. The molecule has 1 N–H and O–H groups in total. The van der Waals surface area contributed by atoms with E-state index < -0.39 is 0 Å². The summed E-state index contributed by atoms with van der Waals surface area (Å²) in [6, 6.07) is 4.09. The number of ether oxygens (including phenoxy) is 1.